The van der Waals surface area contributed by atoms with Gasteiger partial charge in [-0.2, -0.15) is 0 Å². The highest BCUT2D eigenvalue weighted by Gasteiger charge is 2.28. The summed E-state index contributed by atoms with van der Waals surface area (Å²) in [6.45, 7) is 2.42. The van der Waals surface area contributed by atoms with Crippen molar-refractivity contribution in [2.75, 3.05) is 11.9 Å². The van der Waals surface area contributed by atoms with Crippen LogP contribution >= 0.6 is 0 Å². The molecule has 1 atom stereocenters. The topological polar surface area (TPSA) is 111 Å². The van der Waals surface area contributed by atoms with Gasteiger partial charge in [-0.1, -0.05) is 38.0 Å². The van der Waals surface area contributed by atoms with E-state index in [1.54, 1.807) is 48.7 Å². The molecule has 1 amide bonds. The number of allylic oxidation sites excluding steroid dienone is 3. The fraction of sp³-hybridized carbons (Fsp3) is 0.250. The Morgan fingerprint density at radius 1 is 1.24 bits per heavy atom. The molecule has 4 rings (SSSR count). The first-order valence-corrected chi connectivity index (χ1v) is 10.8. The van der Waals surface area contributed by atoms with Crippen molar-refractivity contribution in [2.45, 2.75) is 32.3 Å². The Hall–Kier alpha value is -4.14. The van der Waals surface area contributed by atoms with Gasteiger partial charge >= 0.3 is 0 Å². The molecule has 1 aliphatic rings. The number of tetrazole rings is 1. The first kappa shape index (κ1) is 22.1. The molecule has 2 aromatic carbocycles. The highest BCUT2D eigenvalue weighted by atomic mass is 16.6. The molecule has 1 aromatic heterocycles. The van der Waals surface area contributed by atoms with Gasteiger partial charge < -0.3 is 19.5 Å². The third-order valence-corrected chi connectivity index (χ3v) is 4.91. The summed E-state index contributed by atoms with van der Waals surface area (Å²) in [7, 11) is 0. The van der Waals surface area contributed by atoms with Crippen molar-refractivity contribution in [1.82, 2.24) is 20.6 Å². The number of aromatic amines is 1. The number of nitrogens with one attached hydrogen (secondary N) is 2. The van der Waals surface area contributed by atoms with E-state index in [0.29, 0.717) is 34.3 Å². The number of unbranched alkanes of at least 4 members (excludes halogenated alkanes) is 2. The van der Waals surface area contributed by atoms with E-state index >= 15 is 0 Å². The monoisotopic (exact) mass is 447 g/mol. The first-order valence-electron chi connectivity index (χ1n) is 10.8. The molecule has 0 bridgehead atoms. The number of hydrogen-bond acceptors (Lipinski definition) is 7. The number of H-pyrrole nitrogens is 1. The molecule has 0 aliphatic carbocycles. The summed E-state index contributed by atoms with van der Waals surface area (Å²) in [5.41, 5.74) is 0.976. The minimum atomic E-state index is -0.503. The number of aromatic nitrogens is 4. The Balaban J connectivity index is 1.37. The second-order valence-electron chi connectivity index (χ2n) is 7.33. The number of amides is 1. The molecule has 1 aliphatic heterocycles. The third kappa shape index (κ3) is 5.76. The molecular formula is C24H25N5O4. The molecule has 2 N–H and O–H groups in total. The normalized spacial score (nSPS) is 15.1. The van der Waals surface area contributed by atoms with Crippen molar-refractivity contribution in [3.8, 4) is 17.2 Å². The van der Waals surface area contributed by atoms with E-state index in [9.17, 15) is 4.79 Å². The van der Waals surface area contributed by atoms with Crippen molar-refractivity contribution < 1.29 is 19.0 Å². The zero-order valence-corrected chi connectivity index (χ0v) is 18.2. The summed E-state index contributed by atoms with van der Waals surface area (Å²) in [6, 6.07) is 12.2. The quantitative estimate of drug-likeness (QED) is 0.280. The molecule has 2 heterocycles. The number of nitrogens with zero attached hydrogens (tertiary/aromatic N) is 3. The predicted octanol–water partition coefficient (Wildman–Crippen LogP) is 4.60. The number of carbonyl (C=O) groups is 1. The zero-order valence-electron chi connectivity index (χ0n) is 18.2. The van der Waals surface area contributed by atoms with Crippen LogP contribution in [0.1, 0.15) is 48.5 Å². The van der Waals surface area contributed by atoms with Gasteiger partial charge in [0.25, 0.3) is 5.91 Å². The SMILES string of the molecule is CCCC/C=C/C=C/Oc1ccc(C(=O)Nc2cccc3c2OC(c2nnn[nH]2)CO3)cc1. The van der Waals surface area contributed by atoms with Gasteiger partial charge in [-0.25, -0.2) is 5.10 Å². The average molecular weight is 447 g/mol. The van der Waals surface area contributed by atoms with Crippen LogP contribution in [0.5, 0.6) is 17.2 Å². The van der Waals surface area contributed by atoms with Crippen LogP contribution < -0.4 is 19.5 Å². The summed E-state index contributed by atoms with van der Waals surface area (Å²) in [5, 5.41) is 16.6. The summed E-state index contributed by atoms with van der Waals surface area (Å²) < 4.78 is 17.3. The number of benzene rings is 2. The Kier molecular flexibility index (Phi) is 7.32. The number of anilines is 1. The minimum absolute atomic E-state index is 0.256. The van der Waals surface area contributed by atoms with Gasteiger partial charge in [-0.15, -0.1) is 5.10 Å². The van der Waals surface area contributed by atoms with Gasteiger partial charge in [-0.05, 0) is 59.3 Å². The standard InChI is InChI=1S/C24H25N5O4/c1-2-3-4-5-6-7-15-31-18-13-11-17(12-14-18)24(30)25-19-9-8-10-20-22(19)33-21(16-32-20)23-26-28-29-27-23/h5-15,21H,2-4,16H2,1H3,(H,25,30)(H,26,27,28,29)/b6-5+,15-7+. The van der Waals surface area contributed by atoms with Crippen molar-refractivity contribution >= 4 is 11.6 Å². The van der Waals surface area contributed by atoms with Crippen LogP contribution in [-0.2, 0) is 0 Å². The zero-order chi connectivity index (χ0) is 22.9. The van der Waals surface area contributed by atoms with Gasteiger partial charge in [0, 0.05) is 5.56 Å². The van der Waals surface area contributed by atoms with Gasteiger partial charge in [-0.3, -0.25) is 4.79 Å². The molecule has 0 spiro atoms. The van der Waals surface area contributed by atoms with Crippen LogP contribution in [0.2, 0.25) is 0 Å². The lowest BCUT2D eigenvalue weighted by molar-refractivity contribution is 0.0856. The molecule has 170 valence electrons. The van der Waals surface area contributed by atoms with Gasteiger partial charge in [0.2, 0.25) is 0 Å². The molecule has 9 heteroatoms. The average Bonchev–Trinajstić information content (AvgIpc) is 3.39. The number of rotatable bonds is 9. The minimum Gasteiger partial charge on any atom is -0.485 e. The molecule has 1 unspecified atom stereocenters. The maximum Gasteiger partial charge on any atom is 0.255 e. The van der Waals surface area contributed by atoms with E-state index in [4.69, 9.17) is 14.2 Å². The lowest BCUT2D eigenvalue weighted by atomic mass is 10.2. The van der Waals surface area contributed by atoms with E-state index < -0.39 is 6.10 Å². The number of fused-ring (bicyclic) bond motifs is 1. The molecule has 0 radical (unpaired) electrons. The Labute approximate surface area is 191 Å². The molecular weight excluding hydrogens is 422 g/mol. The number of para-hydroxylation sites is 1. The first-order chi connectivity index (χ1) is 16.2. The fourth-order valence-corrected chi connectivity index (χ4v) is 3.17. The van der Waals surface area contributed by atoms with Gasteiger partial charge in [0.05, 0.1) is 11.9 Å². The largest absolute Gasteiger partial charge is 0.485 e. The second kappa shape index (κ2) is 10.9. The number of ether oxygens (including phenoxy) is 3. The highest BCUT2D eigenvalue weighted by molar-refractivity contribution is 6.05. The summed E-state index contributed by atoms with van der Waals surface area (Å²) in [6.07, 6.45) is 10.5. The maximum atomic E-state index is 12.8. The molecule has 33 heavy (non-hydrogen) atoms. The van der Waals surface area contributed by atoms with Crippen LogP contribution in [0, 0.1) is 0 Å². The van der Waals surface area contributed by atoms with E-state index in [1.165, 1.54) is 12.8 Å². The molecule has 9 nitrogen and oxygen atoms in total. The second-order valence-corrected chi connectivity index (χ2v) is 7.33. The van der Waals surface area contributed by atoms with Crippen molar-refractivity contribution in [2.24, 2.45) is 0 Å². The Bertz CT molecular complexity index is 1110. The molecule has 0 fully saturated rings. The lowest BCUT2D eigenvalue weighted by Gasteiger charge is -2.26. The highest BCUT2D eigenvalue weighted by Crippen LogP contribution is 2.41. The summed E-state index contributed by atoms with van der Waals surface area (Å²) >= 11 is 0. The summed E-state index contributed by atoms with van der Waals surface area (Å²) in [5.74, 6) is 1.77. The summed E-state index contributed by atoms with van der Waals surface area (Å²) in [4.78, 5) is 12.8. The number of hydrogen-bond donors (Lipinski definition) is 2. The van der Waals surface area contributed by atoms with Gasteiger partial charge in [0.15, 0.2) is 23.4 Å². The smallest absolute Gasteiger partial charge is 0.255 e. The maximum absolute atomic E-state index is 12.8. The van der Waals surface area contributed by atoms with Crippen molar-refractivity contribution in [3.63, 3.8) is 0 Å². The van der Waals surface area contributed by atoms with Crippen LogP contribution in [0.25, 0.3) is 0 Å². The Morgan fingerprint density at radius 2 is 2.12 bits per heavy atom. The van der Waals surface area contributed by atoms with Crippen LogP contribution in [0.3, 0.4) is 0 Å². The van der Waals surface area contributed by atoms with Crippen LogP contribution in [0.4, 0.5) is 5.69 Å². The third-order valence-electron chi connectivity index (χ3n) is 4.91. The van der Waals surface area contributed by atoms with E-state index in [1.807, 2.05) is 12.2 Å². The van der Waals surface area contributed by atoms with Crippen molar-refractivity contribution in [1.29, 1.82) is 0 Å². The van der Waals surface area contributed by atoms with Crippen LogP contribution in [0.15, 0.2) is 67.0 Å². The number of carbonyl (C=O) groups excluding carboxylic acids is 1. The fourth-order valence-electron chi connectivity index (χ4n) is 3.17. The molecule has 0 saturated heterocycles. The molecule has 3 aromatic rings. The lowest BCUT2D eigenvalue weighted by Crippen LogP contribution is -2.24. The van der Waals surface area contributed by atoms with Crippen molar-refractivity contribution in [3.05, 3.63) is 78.3 Å². The predicted molar refractivity (Wildman–Crippen MR) is 122 cm³/mol. The van der Waals surface area contributed by atoms with E-state index in [-0.39, 0.29) is 12.5 Å². The Morgan fingerprint density at radius 3 is 2.91 bits per heavy atom. The van der Waals surface area contributed by atoms with E-state index in [2.05, 4.69) is 38.9 Å². The molecule has 0 saturated carbocycles. The van der Waals surface area contributed by atoms with E-state index in [0.717, 1.165) is 6.42 Å². The van der Waals surface area contributed by atoms with Crippen LogP contribution in [-0.4, -0.2) is 33.1 Å². The van der Waals surface area contributed by atoms with Gasteiger partial charge in [0.1, 0.15) is 12.4 Å².